The van der Waals surface area contributed by atoms with Crippen LogP contribution in [-0.2, 0) is 70.5 Å². The maximum absolute atomic E-state index is 12.9. The predicted molar refractivity (Wildman–Crippen MR) is 193 cm³/mol. The second-order valence-corrected chi connectivity index (χ2v) is 12.8. The Kier molecular flexibility index (Phi) is 16.8. The van der Waals surface area contributed by atoms with Gasteiger partial charge in [0.05, 0.1) is 39.0 Å². The van der Waals surface area contributed by atoms with Crippen LogP contribution in [0.2, 0.25) is 0 Å². The van der Waals surface area contributed by atoms with Gasteiger partial charge < -0.3 is 30.4 Å². The van der Waals surface area contributed by atoms with Gasteiger partial charge in [-0.25, -0.2) is 9.80 Å². The van der Waals surface area contributed by atoms with Crippen molar-refractivity contribution in [1.29, 1.82) is 0 Å². The van der Waals surface area contributed by atoms with Gasteiger partial charge in [-0.15, -0.1) is 12.4 Å². The molecule has 0 saturated carbocycles. The Morgan fingerprint density at radius 2 is 0.873 bits per heavy atom. The molecule has 2 aromatic rings. The highest BCUT2D eigenvalue weighted by molar-refractivity contribution is 6.00. The van der Waals surface area contributed by atoms with Crippen molar-refractivity contribution < 1.29 is 57.3 Å². The molecule has 19 heteroatoms. The van der Waals surface area contributed by atoms with Crippen molar-refractivity contribution in [3.05, 3.63) is 71.8 Å². The highest BCUT2D eigenvalue weighted by Gasteiger charge is 2.40. The summed E-state index contributed by atoms with van der Waals surface area (Å²) in [5.41, 5.74) is 13.1. The Hall–Kier alpha value is -5.27. The third-order valence-electron chi connectivity index (χ3n) is 8.94. The predicted octanol–water partition coefficient (Wildman–Crippen LogP) is -0.550. The second kappa shape index (κ2) is 21.0. The number of esters is 4. The Morgan fingerprint density at radius 1 is 0.564 bits per heavy atom. The normalized spacial score (nSPS) is 17.4. The quantitative estimate of drug-likeness (QED) is 0.116. The van der Waals surface area contributed by atoms with Crippen LogP contribution < -0.4 is 11.5 Å². The first-order chi connectivity index (χ1) is 25.7. The molecule has 4 N–H and O–H groups in total. The summed E-state index contributed by atoms with van der Waals surface area (Å²) in [6.45, 7) is 1.14. The number of rotatable bonds is 17. The van der Waals surface area contributed by atoms with E-state index in [2.05, 4.69) is 0 Å². The lowest BCUT2D eigenvalue weighted by Crippen LogP contribution is -2.63. The maximum atomic E-state index is 12.9. The highest BCUT2D eigenvalue weighted by Crippen LogP contribution is 2.18. The van der Waals surface area contributed by atoms with Crippen LogP contribution in [0.1, 0.15) is 37.8 Å². The minimum absolute atomic E-state index is 0. The fraction of sp³-hybridized carbons (Fsp3) is 0.444. The van der Waals surface area contributed by atoms with Crippen LogP contribution in [0, 0.1) is 0 Å². The topological polar surface area (TPSA) is 238 Å². The summed E-state index contributed by atoms with van der Waals surface area (Å²) < 4.78 is 20.3. The molecule has 2 aliphatic rings. The van der Waals surface area contributed by atoms with Crippen molar-refractivity contribution in [2.24, 2.45) is 11.5 Å². The number of piperazine rings is 2. The molecule has 4 atom stereocenters. The van der Waals surface area contributed by atoms with Gasteiger partial charge in [0.2, 0.25) is 23.6 Å². The van der Waals surface area contributed by atoms with E-state index in [0.717, 1.165) is 20.9 Å². The summed E-state index contributed by atoms with van der Waals surface area (Å²) in [4.78, 5) is 105. The molecule has 2 aliphatic heterocycles. The molecular weight excluding hydrogens is 744 g/mol. The van der Waals surface area contributed by atoms with E-state index in [0.29, 0.717) is 0 Å². The van der Waals surface area contributed by atoms with Crippen LogP contribution in [0.4, 0.5) is 0 Å². The molecule has 4 amide bonds. The number of halogens is 1. The van der Waals surface area contributed by atoms with E-state index in [4.69, 9.17) is 30.4 Å². The third-order valence-corrected chi connectivity index (χ3v) is 8.94. The number of ether oxygens (including phenoxy) is 4. The average Bonchev–Trinajstić information content (AvgIpc) is 3.15. The molecule has 4 rings (SSSR count). The SMILES string of the molecule is C[C@H]([C@H](C)N1CC(=O)N(COC(=O)[C@@H](N)CC(=O)OCc2ccccc2)C(=O)C1)N1CC(=O)N(COC(=O)[C@@H](N)CC(=O)OCc2ccccc2)C(=O)C1.Cl. The molecule has 2 fully saturated rings. The van der Waals surface area contributed by atoms with E-state index in [1.807, 2.05) is 12.1 Å². The van der Waals surface area contributed by atoms with Gasteiger partial charge in [-0.1, -0.05) is 60.7 Å². The number of nitrogens with two attached hydrogens (primary N) is 2. The van der Waals surface area contributed by atoms with Gasteiger partial charge in [-0.3, -0.25) is 48.2 Å². The molecule has 0 aromatic heterocycles. The summed E-state index contributed by atoms with van der Waals surface area (Å²) >= 11 is 0. The number of hydrogen-bond acceptors (Lipinski definition) is 16. The third kappa shape index (κ3) is 12.9. The van der Waals surface area contributed by atoms with Gasteiger partial charge in [-0.2, -0.15) is 0 Å². The summed E-state index contributed by atoms with van der Waals surface area (Å²) in [6, 6.07) is 14.1. The van der Waals surface area contributed by atoms with Crippen molar-refractivity contribution in [2.75, 3.05) is 39.6 Å². The Bertz CT molecular complexity index is 1540. The highest BCUT2D eigenvalue weighted by atomic mass is 35.5. The minimum Gasteiger partial charge on any atom is -0.461 e. The van der Waals surface area contributed by atoms with Crippen molar-refractivity contribution in [3.8, 4) is 0 Å². The Morgan fingerprint density at radius 3 is 1.18 bits per heavy atom. The van der Waals surface area contributed by atoms with Crippen molar-refractivity contribution in [1.82, 2.24) is 19.6 Å². The lowest BCUT2D eigenvalue weighted by Gasteiger charge is -2.43. The molecule has 0 spiro atoms. The summed E-state index contributed by atoms with van der Waals surface area (Å²) in [6.07, 6.45) is -0.938. The van der Waals surface area contributed by atoms with Crippen molar-refractivity contribution >= 4 is 59.9 Å². The number of carbonyl (C=O) groups excluding carboxylic acids is 8. The van der Waals surface area contributed by atoms with Gasteiger partial charge in [-0.05, 0) is 25.0 Å². The fourth-order valence-corrected chi connectivity index (χ4v) is 5.49. The van der Waals surface area contributed by atoms with Gasteiger partial charge in [0.1, 0.15) is 25.3 Å². The zero-order valence-electron chi connectivity index (χ0n) is 30.4. The molecule has 18 nitrogen and oxygen atoms in total. The van der Waals surface area contributed by atoms with Crippen LogP contribution in [0.15, 0.2) is 60.7 Å². The monoisotopic (exact) mass is 788 g/mol. The van der Waals surface area contributed by atoms with Crippen LogP contribution in [-0.4, -0.2) is 131 Å². The van der Waals surface area contributed by atoms with Crippen LogP contribution in [0.3, 0.4) is 0 Å². The minimum atomic E-state index is -1.38. The van der Waals surface area contributed by atoms with Gasteiger partial charge in [0, 0.05) is 12.1 Å². The van der Waals surface area contributed by atoms with Crippen LogP contribution in [0.5, 0.6) is 0 Å². The van der Waals surface area contributed by atoms with Crippen molar-refractivity contribution in [2.45, 2.75) is 64.1 Å². The second-order valence-electron chi connectivity index (χ2n) is 12.8. The Labute approximate surface area is 323 Å². The van der Waals surface area contributed by atoms with Crippen molar-refractivity contribution in [3.63, 3.8) is 0 Å². The van der Waals surface area contributed by atoms with E-state index in [1.54, 1.807) is 72.2 Å². The molecule has 0 aliphatic carbocycles. The molecule has 2 aromatic carbocycles. The number of hydrogen-bond donors (Lipinski definition) is 2. The maximum Gasteiger partial charge on any atom is 0.325 e. The molecule has 2 heterocycles. The smallest absolute Gasteiger partial charge is 0.325 e. The van der Waals surface area contributed by atoms with Gasteiger partial charge in [0.25, 0.3) is 0 Å². The largest absolute Gasteiger partial charge is 0.461 e. The summed E-state index contributed by atoms with van der Waals surface area (Å²) in [5, 5.41) is 0. The van der Waals surface area contributed by atoms with Crippen LogP contribution >= 0.6 is 12.4 Å². The van der Waals surface area contributed by atoms with Gasteiger partial charge >= 0.3 is 23.9 Å². The first kappa shape index (κ1) is 44.1. The molecule has 55 heavy (non-hydrogen) atoms. The molecule has 2 saturated heterocycles. The zero-order chi connectivity index (χ0) is 39.4. The van der Waals surface area contributed by atoms with E-state index in [1.165, 1.54) is 0 Å². The number of benzene rings is 2. The fourth-order valence-electron chi connectivity index (χ4n) is 5.49. The molecule has 0 radical (unpaired) electrons. The summed E-state index contributed by atoms with van der Waals surface area (Å²) in [5.74, 6) is -6.08. The van der Waals surface area contributed by atoms with Crippen LogP contribution in [0.25, 0.3) is 0 Å². The lowest BCUT2D eigenvalue weighted by molar-refractivity contribution is -0.170. The standard InChI is InChI=1S/C36H44N6O12.ClH/c1-23(39-15-29(43)41(30(44)16-39)21-53-35(49)27(37)13-33(47)51-19-25-9-5-3-6-10-25)24(2)40-17-31(45)42(32(46)18-40)22-54-36(50)28(38)14-34(48)52-20-26-11-7-4-8-12-26;/h3-12,23-24,27-28H,13-22,37-38H2,1-2H3;1H/t23-,24+,27-,28-;/m0./s1. The number of carbonyl (C=O) groups is 8. The first-order valence-electron chi connectivity index (χ1n) is 17.1. The van der Waals surface area contributed by atoms with E-state index in [9.17, 15) is 38.4 Å². The molecular formula is C36H45ClN6O12. The molecule has 0 bridgehead atoms. The number of imide groups is 2. The van der Waals surface area contributed by atoms with Gasteiger partial charge in [0.15, 0.2) is 13.5 Å². The lowest BCUT2D eigenvalue weighted by atomic mass is 10.1. The molecule has 298 valence electrons. The zero-order valence-corrected chi connectivity index (χ0v) is 31.2. The average molecular weight is 789 g/mol. The number of nitrogens with zero attached hydrogens (tertiary/aromatic N) is 4. The van der Waals surface area contributed by atoms with E-state index in [-0.39, 0.29) is 51.8 Å². The number of amides is 4. The van der Waals surface area contributed by atoms with E-state index < -0.39 is 98.0 Å². The van der Waals surface area contributed by atoms with E-state index >= 15 is 0 Å². The molecule has 0 unspecified atom stereocenters. The summed E-state index contributed by atoms with van der Waals surface area (Å²) in [7, 11) is 0. The Balaban J connectivity index is 0.00000812. The first-order valence-corrected chi connectivity index (χ1v) is 17.1.